The highest BCUT2D eigenvalue weighted by atomic mass is 32.2. The predicted octanol–water partition coefficient (Wildman–Crippen LogP) is 7.74. The zero-order chi connectivity index (χ0) is 33.7. The Hall–Kier alpha value is -3.95. The molecule has 1 aliphatic rings. The Morgan fingerprint density at radius 1 is 0.771 bits per heavy atom. The van der Waals surface area contributed by atoms with Crippen molar-refractivity contribution in [3.05, 3.63) is 125 Å². The van der Waals surface area contributed by atoms with Gasteiger partial charge in [0, 0.05) is 48.6 Å². The zero-order valence-electron chi connectivity index (χ0n) is 27.8. The summed E-state index contributed by atoms with van der Waals surface area (Å²) in [7, 11) is 0. The molecule has 4 atom stereocenters. The Balaban J connectivity index is 1.22. The summed E-state index contributed by atoms with van der Waals surface area (Å²) in [5, 5.41) is 15.4. The van der Waals surface area contributed by atoms with E-state index in [0.717, 1.165) is 58.4 Å². The number of thioether (sulfide) groups is 1. The third kappa shape index (κ3) is 10.3. The van der Waals surface area contributed by atoms with Crippen molar-refractivity contribution in [2.24, 2.45) is 5.92 Å². The molecule has 1 aliphatic heterocycles. The molecule has 4 aromatic rings. The number of carbonyl (C=O) groups excluding carboxylic acids is 2. The van der Waals surface area contributed by atoms with Crippen LogP contribution in [0.1, 0.15) is 74.2 Å². The van der Waals surface area contributed by atoms with Gasteiger partial charge in [0.15, 0.2) is 6.29 Å². The van der Waals surface area contributed by atoms with Crippen molar-refractivity contribution in [3.63, 3.8) is 0 Å². The van der Waals surface area contributed by atoms with Crippen LogP contribution in [0.15, 0.2) is 108 Å². The van der Waals surface area contributed by atoms with Crippen LogP contribution in [0.3, 0.4) is 0 Å². The van der Waals surface area contributed by atoms with Crippen LogP contribution in [0.4, 0.5) is 0 Å². The van der Waals surface area contributed by atoms with Gasteiger partial charge in [-0.25, -0.2) is 0 Å². The first kappa shape index (κ1) is 35.4. The van der Waals surface area contributed by atoms with Crippen LogP contribution in [0.5, 0.6) is 0 Å². The minimum atomic E-state index is -0.522. The first-order chi connectivity index (χ1) is 23.4. The van der Waals surface area contributed by atoms with Crippen molar-refractivity contribution < 1.29 is 24.2 Å². The quantitative estimate of drug-likeness (QED) is 0.0888. The number of hydrogen-bond donors (Lipinski definition) is 3. The van der Waals surface area contributed by atoms with E-state index in [1.807, 2.05) is 42.5 Å². The molecule has 0 saturated carbocycles. The average Bonchev–Trinajstić information content (AvgIpc) is 3.12. The summed E-state index contributed by atoms with van der Waals surface area (Å²) >= 11 is 1.79. The molecule has 252 valence electrons. The van der Waals surface area contributed by atoms with E-state index in [9.17, 15) is 14.7 Å². The fourth-order valence-electron chi connectivity index (χ4n) is 5.84. The molecule has 5 rings (SSSR count). The molecule has 0 bridgehead atoms. The second-order valence-electron chi connectivity index (χ2n) is 12.3. The number of carbonyl (C=O) groups is 2. The Labute approximate surface area is 288 Å². The minimum Gasteiger partial charge on any atom is -0.392 e. The lowest BCUT2D eigenvalue weighted by atomic mass is 9.91. The van der Waals surface area contributed by atoms with E-state index in [1.54, 1.807) is 11.8 Å². The maximum atomic E-state index is 12.4. The van der Waals surface area contributed by atoms with E-state index >= 15 is 0 Å². The molecule has 0 aliphatic carbocycles. The third-order valence-corrected chi connectivity index (χ3v) is 9.77. The molecule has 1 saturated heterocycles. The number of unbranched alkanes of at least 4 members (excludes halogenated alkanes) is 2. The Morgan fingerprint density at radius 3 is 2.25 bits per heavy atom. The van der Waals surface area contributed by atoms with Crippen LogP contribution >= 0.6 is 11.8 Å². The standard InChI is InChI=1S/C40H46N2O5S/c1-28-37(27-48-36-12-5-3-6-13-36)46-40(47-39(28)33-17-15-30(26-43)16-18-33)34-21-19-32(20-22-34)35-11-9-10-31(24-35)25-42-38(45)14-7-4-8-23-41-29(2)44/h3,5-6,9-13,15-22,24,28,37,39-40,43H,4,7-8,14,23,25-27H2,1-2H3,(H,41,44)(H,42,45)/t28-,37+,39+,40+/m0/s1. The van der Waals surface area contributed by atoms with Crippen molar-refractivity contribution in [2.75, 3.05) is 12.3 Å². The topological polar surface area (TPSA) is 96.9 Å². The van der Waals surface area contributed by atoms with Gasteiger partial charge in [-0.3, -0.25) is 9.59 Å². The Kier molecular flexibility index (Phi) is 13.3. The lowest BCUT2D eigenvalue weighted by molar-refractivity contribution is -0.268. The molecule has 48 heavy (non-hydrogen) atoms. The van der Waals surface area contributed by atoms with Crippen LogP contribution in [0, 0.1) is 5.92 Å². The van der Waals surface area contributed by atoms with E-state index < -0.39 is 6.29 Å². The molecule has 0 aromatic heterocycles. The van der Waals surface area contributed by atoms with Crippen molar-refractivity contribution in [3.8, 4) is 11.1 Å². The maximum Gasteiger partial charge on any atom is 0.220 e. The summed E-state index contributed by atoms with van der Waals surface area (Å²) in [5.41, 5.74) is 6.09. The predicted molar refractivity (Wildman–Crippen MR) is 191 cm³/mol. The second-order valence-corrected chi connectivity index (χ2v) is 13.4. The van der Waals surface area contributed by atoms with E-state index in [1.165, 1.54) is 11.8 Å². The van der Waals surface area contributed by atoms with Gasteiger partial charge in [0.25, 0.3) is 0 Å². The van der Waals surface area contributed by atoms with Gasteiger partial charge in [-0.05, 0) is 58.9 Å². The van der Waals surface area contributed by atoms with Crippen LogP contribution in [0.2, 0.25) is 0 Å². The molecular formula is C40H46N2O5S. The van der Waals surface area contributed by atoms with Gasteiger partial charge in [-0.15, -0.1) is 11.8 Å². The van der Waals surface area contributed by atoms with Crippen molar-refractivity contribution >= 4 is 23.6 Å². The van der Waals surface area contributed by atoms with E-state index in [0.29, 0.717) is 19.5 Å². The van der Waals surface area contributed by atoms with Crippen LogP contribution < -0.4 is 10.6 Å². The van der Waals surface area contributed by atoms with Gasteiger partial charge in [0.2, 0.25) is 11.8 Å². The number of amides is 2. The highest BCUT2D eigenvalue weighted by Crippen LogP contribution is 2.43. The van der Waals surface area contributed by atoms with Crippen LogP contribution in [0.25, 0.3) is 11.1 Å². The van der Waals surface area contributed by atoms with Crippen LogP contribution in [-0.4, -0.2) is 35.3 Å². The summed E-state index contributed by atoms with van der Waals surface area (Å²) < 4.78 is 13.3. The number of rotatable bonds is 15. The Morgan fingerprint density at radius 2 is 1.52 bits per heavy atom. The second kappa shape index (κ2) is 18.0. The highest BCUT2D eigenvalue weighted by molar-refractivity contribution is 7.99. The fourth-order valence-corrected chi connectivity index (χ4v) is 6.93. The molecule has 4 aromatic carbocycles. The molecule has 1 fully saturated rings. The monoisotopic (exact) mass is 666 g/mol. The molecule has 7 nitrogen and oxygen atoms in total. The van der Waals surface area contributed by atoms with Gasteiger partial charge < -0.3 is 25.2 Å². The molecule has 2 amide bonds. The van der Waals surface area contributed by atoms with Gasteiger partial charge in [-0.2, -0.15) is 0 Å². The molecule has 3 N–H and O–H groups in total. The number of aliphatic hydroxyl groups excluding tert-OH is 1. The SMILES string of the molecule is CC(=O)NCCCCCC(=O)NCc1cccc(-c2ccc([C@@H]3O[C@H](CSc4ccccc4)[C@H](C)[C@H](c4ccc(CO)cc4)O3)cc2)c1. The summed E-state index contributed by atoms with van der Waals surface area (Å²) in [5.74, 6) is 0.937. The van der Waals surface area contributed by atoms with Crippen molar-refractivity contribution in [1.29, 1.82) is 0 Å². The molecule has 0 radical (unpaired) electrons. The number of nitrogens with one attached hydrogen (secondary N) is 2. The van der Waals surface area contributed by atoms with Gasteiger partial charge in [-0.1, -0.05) is 98.3 Å². The number of hydrogen-bond acceptors (Lipinski definition) is 6. The smallest absolute Gasteiger partial charge is 0.220 e. The molecule has 8 heteroatoms. The van der Waals surface area contributed by atoms with Crippen molar-refractivity contribution in [1.82, 2.24) is 10.6 Å². The van der Waals surface area contributed by atoms with Gasteiger partial charge >= 0.3 is 0 Å². The highest BCUT2D eigenvalue weighted by Gasteiger charge is 2.38. The summed E-state index contributed by atoms with van der Waals surface area (Å²) in [6.45, 7) is 4.84. The molecule has 1 heterocycles. The van der Waals surface area contributed by atoms with E-state index in [-0.39, 0.29) is 36.5 Å². The van der Waals surface area contributed by atoms with Gasteiger partial charge in [0.1, 0.15) is 0 Å². The maximum absolute atomic E-state index is 12.4. The van der Waals surface area contributed by atoms with Crippen molar-refractivity contribution in [2.45, 2.75) is 76.1 Å². The fraction of sp³-hybridized carbons (Fsp3) is 0.350. The summed E-state index contributed by atoms with van der Waals surface area (Å²) in [6.07, 6.45) is 2.34. The van der Waals surface area contributed by atoms with Gasteiger partial charge in [0.05, 0.1) is 18.8 Å². The van der Waals surface area contributed by atoms with E-state index in [4.69, 9.17) is 9.47 Å². The Bertz CT molecular complexity index is 1600. The summed E-state index contributed by atoms with van der Waals surface area (Å²) in [4.78, 5) is 24.6. The largest absolute Gasteiger partial charge is 0.392 e. The lowest BCUT2D eigenvalue weighted by Gasteiger charge is -2.41. The minimum absolute atomic E-state index is 0.0103. The molecule has 0 spiro atoms. The van der Waals surface area contributed by atoms with Crippen LogP contribution in [-0.2, 0) is 32.2 Å². The lowest BCUT2D eigenvalue weighted by Crippen LogP contribution is -2.38. The summed E-state index contributed by atoms with van der Waals surface area (Å²) in [6, 6.07) is 35.0. The third-order valence-electron chi connectivity index (χ3n) is 8.67. The average molecular weight is 667 g/mol. The number of benzene rings is 4. The van der Waals surface area contributed by atoms with E-state index in [2.05, 4.69) is 78.2 Å². The zero-order valence-corrected chi connectivity index (χ0v) is 28.6. The molecular weight excluding hydrogens is 621 g/mol. The first-order valence-corrected chi connectivity index (χ1v) is 17.8. The number of ether oxygens (including phenoxy) is 2. The first-order valence-electron chi connectivity index (χ1n) is 16.8. The normalized spacial score (nSPS) is 19.1. The molecule has 0 unspecified atom stereocenters. The number of aliphatic hydroxyl groups is 1.